The molecule has 0 atom stereocenters. The zero-order chi connectivity index (χ0) is 17.1. The summed E-state index contributed by atoms with van der Waals surface area (Å²) in [5.41, 5.74) is 0. The van der Waals surface area contributed by atoms with Gasteiger partial charge in [0.15, 0.2) is 0 Å². The zero-order valence-electron chi connectivity index (χ0n) is 15.5. The molecule has 4 aliphatic rings. The van der Waals surface area contributed by atoms with Crippen LogP contribution in [0, 0.1) is 0 Å². The number of piperazine rings is 1. The summed E-state index contributed by atoms with van der Waals surface area (Å²) in [4.78, 5) is 19.6. The number of carbonyl (C=O) groups excluding carboxylic acids is 1. The van der Waals surface area contributed by atoms with Crippen molar-refractivity contribution in [1.29, 1.82) is 0 Å². The predicted molar refractivity (Wildman–Crippen MR) is 97.8 cm³/mol. The van der Waals surface area contributed by atoms with E-state index in [9.17, 15) is 4.79 Å². The highest BCUT2D eigenvalue weighted by atomic mass is 16.5. The summed E-state index contributed by atoms with van der Waals surface area (Å²) in [6, 6.07) is 1.86. The molecule has 0 aromatic carbocycles. The van der Waals surface area contributed by atoms with Crippen molar-refractivity contribution in [2.45, 2.75) is 63.1 Å². The normalized spacial score (nSPS) is 28.7. The molecule has 3 heterocycles. The molecule has 0 aromatic heterocycles. The lowest BCUT2D eigenvalue weighted by Gasteiger charge is -2.49. The average molecular weight is 351 g/mol. The van der Waals surface area contributed by atoms with E-state index in [4.69, 9.17) is 4.74 Å². The molecule has 6 nitrogen and oxygen atoms in total. The van der Waals surface area contributed by atoms with Gasteiger partial charge in [0.25, 0.3) is 0 Å². The topological polar surface area (TPSA) is 48.1 Å². The van der Waals surface area contributed by atoms with E-state index >= 15 is 0 Å². The fraction of sp³-hybridized carbons (Fsp3) is 0.947. The maximum atomic E-state index is 12.3. The maximum absolute atomic E-state index is 12.3. The molecular formula is C19H34N4O2. The highest BCUT2D eigenvalue weighted by molar-refractivity contribution is 5.75. The Balaban J connectivity index is 1.15. The van der Waals surface area contributed by atoms with Gasteiger partial charge < -0.3 is 15.0 Å². The summed E-state index contributed by atoms with van der Waals surface area (Å²) in [6.07, 6.45) is 8.99. The Morgan fingerprint density at radius 2 is 1.40 bits per heavy atom. The lowest BCUT2D eigenvalue weighted by Crippen LogP contribution is -2.66. The van der Waals surface area contributed by atoms with Crippen molar-refractivity contribution in [2.24, 2.45) is 0 Å². The van der Waals surface area contributed by atoms with Gasteiger partial charge in [-0.15, -0.1) is 0 Å². The number of carbonyl (C=O) groups is 1. The Bertz CT molecular complexity index is 435. The number of hydrogen-bond acceptors (Lipinski definition) is 4. The van der Waals surface area contributed by atoms with Crippen LogP contribution in [0.1, 0.15) is 44.9 Å². The number of rotatable bonds is 3. The molecule has 0 aromatic rings. The summed E-state index contributed by atoms with van der Waals surface area (Å²) in [7, 11) is 0. The Morgan fingerprint density at radius 1 is 0.800 bits per heavy atom. The number of amides is 2. The van der Waals surface area contributed by atoms with Crippen molar-refractivity contribution in [3.8, 4) is 0 Å². The molecule has 4 fully saturated rings. The second kappa shape index (κ2) is 8.23. The van der Waals surface area contributed by atoms with Crippen molar-refractivity contribution in [1.82, 2.24) is 20.0 Å². The minimum atomic E-state index is 0.129. The van der Waals surface area contributed by atoms with Crippen molar-refractivity contribution < 1.29 is 9.53 Å². The number of hydrogen-bond donors (Lipinski definition) is 1. The smallest absolute Gasteiger partial charge is 0.317 e. The van der Waals surface area contributed by atoms with Crippen LogP contribution in [0.25, 0.3) is 0 Å². The van der Waals surface area contributed by atoms with E-state index in [0.29, 0.717) is 12.1 Å². The van der Waals surface area contributed by atoms with Gasteiger partial charge in [-0.25, -0.2) is 4.79 Å². The number of likely N-dealkylation sites (tertiary alicyclic amines) is 1. The van der Waals surface area contributed by atoms with Crippen LogP contribution in [0.3, 0.4) is 0 Å². The lowest BCUT2D eigenvalue weighted by molar-refractivity contribution is 0.00610. The van der Waals surface area contributed by atoms with Crippen molar-refractivity contribution in [3.05, 3.63) is 0 Å². The molecule has 1 N–H and O–H groups in total. The molecular weight excluding hydrogens is 316 g/mol. The van der Waals surface area contributed by atoms with E-state index in [2.05, 4.69) is 15.1 Å². The minimum Gasteiger partial charge on any atom is -0.381 e. The average Bonchev–Trinajstić information content (AvgIpc) is 2.63. The first-order valence-electron chi connectivity index (χ1n) is 10.4. The highest BCUT2D eigenvalue weighted by Crippen LogP contribution is 2.25. The van der Waals surface area contributed by atoms with Crippen molar-refractivity contribution in [2.75, 3.05) is 52.5 Å². The van der Waals surface area contributed by atoms with Gasteiger partial charge in [-0.3, -0.25) is 9.80 Å². The molecule has 0 spiro atoms. The number of nitrogens with one attached hydrogen (secondary N) is 1. The molecule has 4 rings (SSSR count). The zero-order valence-corrected chi connectivity index (χ0v) is 15.5. The van der Waals surface area contributed by atoms with E-state index in [0.717, 1.165) is 45.2 Å². The molecule has 0 unspecified atom stereocenters. The molecule has 3 aliphatic heterocycles. The molecule has 6 heteroatoms. The monoisotopic (exact) mass is 350 g/mol. The first-order valence-corrected chi connectivity index (χ1v) is 10.4. The van der Waals surface area contributed by atoms with Gasteiger partial charge in [0.1, 0.15) is 0 Å². The summed E-state index contributed by atoms with van der Waals surface area (Å²) in [6.45, 7) is 8.15. The Hall–Kier alpha value is -0.850. The van der Waals surface area contributed by atoms with E-state index in [1.165, 1.54) is 58.3 Å². The Kier molecular flexibility index (Phi) is 5.78. The lowest BCUT2D eigenvalue weighted by atomic mass is 9.93. The molecule has 142 valence electrons. The fourth-order valence-corrected chi connectivity index (χ4v) is 4.87. The largest absolute Gasteiger partial charge is 0.381 e. The first-order chi connectivity index (χ1) is 12.3. The van der Waals surface area contributed by atoms with Gasteiger partial charge in [0.2, 0.25) is 0 Å². The van der Waals surface area contributed by atoms with Crippen LogP contribution in [0.5, 0.6) is 0 Å². The number of ether oxygens (including phenoxy) is 1. The van der Waals surface area contributed by atoms with Crippen molar-refractivity contribution >= 4 is 6.03 Å². The van der Waals surface area contributed by atoms with Gasteiger partial charge in [-0.1, -0.05) is 19.3 Å². The standard InChI is InChI=1S/C19H34N4O2/c24-19(20-16-6-12-25-13-7-16)23-14-18(15-23)22-10-8-21(9-11-22)17-4-2-1-3-5-17/h16-18H,1-15H2,(H,20,24). The van der Waals surface area contributed by atoms with Crippen LogP contribution in [0.15, 0.2) is 0 Å². The minimum absolute atomic E-state index is 0.129. The van der Waals surface area contributed by atoms with E-state index in [-0.39, 0.29) is 6.03 Å². The summed E-state index contributed by atoms with van der Waals surface area (Å²) < 4.78 is 5.36. The molecule has 0 radical (unpaired) electrons. The van der Waals surface area contributed by atoms with Crippen LogP contribution in [-0.2, 0) is 4.74 Å². The molecule has 0 bridgehead atoms. The summed E-state index contributed by atoms with van der Waals surface area (Å²) >= 11 is 0. The first kappa shape index (κ1) is 17.6. The summed E-state index contributed by atoms with van der Waals surface area (Å²) in [5, 5.41) is 3.17. The van der Waals surface area contributed by atoms with Gasteiger partial charge in [0.05, 0.1) is 0 Å². The maximum Gasteiger partial charge on any atom is 0.317 e. The molecule has 1 aliphatic carbocycles. The van der Waals surface area contributed by atoms with Gasteiger partial charge in [-0.2, -0.15) is 0 Å². The van der Waals surface area contributed by atoms with Crippen LogP contribution < -0.4 is 5.32 Å². The van der Waals surface area contributed by atoms with Crippen LogP contribution >= 0.6 is 0 Å². The highest BCUT2D eigenvalue weighted by Gasteiger charge is 2.37. The Morgan fingerprint density at radius 3 is 2.04 bits per heavy atom. The fourth-order valence-electron chi connectivity index (χ4n) is 4.87. The third-order valence-electron chi connectivity index (χ3n) is 6.65. The van der Waals surface area contributed by atoms with E-state index in [1.807, 2.05) is 4.90 Å². The van der Waals surface area contributed by atoms with Gasteiger partial charge >= 0.3 is 6.03 Å². The molecule has 25 heavy (non-hydrogen) atoms. The number of urea groups is 1. The predicted octanol–water partition coefficient (Wildman–Crippen LogP) is 1.51. The second-order valence-electron chi connectivity index (χ2n) is 8.26. The van der Waals surface area contributed by atoms with Crippen LogP contribution in [0.2, 0.25) is 0 Å². The third-order valence-corrected chi connectivity index (χ3v) is 6.65. The SMILES string of the molecule is O=C(NC1CCOCC1)N1CC(N2CCN(C3CCCCC3)CC2)C1. The quantitative estimate of drug-likeness (QED) is 0.838. The number of nitrogens with zero attached hydrogens (tertiary/aromatic N) is 3. The summed E-state index contributed by atoms with van der Waals surface area (Å²) in [5.74, 6) is 0. The van der Waals surface area contributed by atoms with Gasteiger partial charge in [0, 0.05) is 70.6 Å². The second-order valence-corrected chi connectivity index (χ2v) is 8.26. The van der Waals surface area contributed by atoms with Crippen molar-refractivity contribution in [3.63, 3.8) is 0 Å². The van der Waals surface area contributed by atoms with Crippen LogP contribution in [-0.4, -0.2) is 91.3 Å². The van der Waals surface area contributed by atoms with Gasteiger partial charge in [-0.05, 0) is 25.7 Å². The molecule has 2 amide bonds. The molecule has 1 saturated carbocycles. The van der Waals surface area contributed by atoms with E-state index in [1.54, 1.807) is 0 Å². The third kappa shape index (κ3) is 4.29. The Labute approximate surface area is 151 Å². The van der Waals surface area contributed by atoms with Crippen LogP contribution in [0.4, 0.5) is 4.79 Å². The van der Waals surface area contributed by atoms with E-state index < -0.39 is 0 Å². The molecule has 3 saturated heterocycles.